The summed E-state index contributed by atoms with van der Waals surface area (Å²) in [6.07, 6.45) is -3.72. The minimum absolute atomic E-state index is 0.138. The number of ether oxygens (including phenoxy) is 1. The number of anilines is 1. The second-order valence-electron chi connectivity index (χ2n) is 5.06. The number of benzene rings is 1. The summed E-state index contributed by atoms with van der Waals surface area (Å²) in [6.45, 7) is 0.998. The number of alkyl halides is 3. The highest BCUT2D eigenvalue weighted by molar-refractivity contribution is 5.53. The van der Waals surface area contributed by atoms with Gasteiger partial charge in [0.15, 0.2) is 0 Å². The Bertz CT molecular complexity index is 546. The van der Waals surface area contributed by atoms with Gasteiger partial charge < -0.3 is 15.2 Å². The Labute approximate surface area is 120 Å². The standard InChI is InChI=1S/C14H15F3N2O2/c15-14(16,17)12-7-11(2-1-10(12)8-18)19-9-13(20)3-5-21-6-4-13/h1-2,7,19-20H,3-6,9H2. The summed E-state index contributed by atoms with van der Waals surface area (Å²) in [5, 5.41) is 21.8. The monoisotopic (exact) mass is 300 g/mol. The Morgan fingerprint density at radius 1 is 1.33 bits per heavy atom. The predicted molar refractivity (Wildman–Crippen MR) is 69.7 cm³/mol. The van der Waals surface area contributed by atoms with Crippen LogP contribution in [0.1, 0.15) is 24.0 Å². The summed E-state index contributed by atoms with van der Waals surface area (Å²) in [6, 6.07) is 4.94. The van der Waals surface area contributed by atoms with Gasteiger partial charge in [0, 0.05) is 38.3 Å². The molecule has 1 heterocycles. The molecule has 0 saturated carbocycles. The van der Waals surface area contributed by atoms with Gasteiger partial charge in [0.1, 0.15) is 0 Å². The third kappa shape index (κ3) is 3.86. The summed E-state index contributed by atoms with van der Waals surface area (Å²) < 4.78 is 43.7. The predicted octanol–water partition coefficient (Wildman–Crippen LogP) is 2.53. The first-order valence-electron chi connectivity index (χ1n) is 6.49. The van der Waals surface area contributed by atoms with E-state index in [4.69, 9.17) is 10.00 Å². The zero-order valence-corrected chi connectivity index (χ0v) is 11.2. The van der Waals surface area contributed by atoms with Crippen LogP contribution in [-0.4, -0.2) is 30.5 Å². The van der Waals surface area contributed by atoms with E-state index in [2.05, 4.69) is 5.32 Å². The molecule has 114 valence electrons. The van der Waals surface area contributed by atoms with Crippen molar-refractivity contribution in [2.24, 2.45) is 0 Å². The molecule has 0 aliphatic carbocycles. The van der Waals surface area contributed by atoms with E-state index in [1.165, 1.54) is 12.1 Å². The molecule has 1 aliphatic heterocycles. The summed E-state index contributed by atoms with van der Waals surface area (Å²) in [5.41, 5.74) is -2.15. The van der Waals surface area contributed by atoms with Crippen LogP contribution in [0, 0.1) is 11.3 Å². The van der Waals surface area contributed by atoms with Crippen LogP contribution in [-0.2, 0) is 10.9 Å². The normalized spacial score (nSPS) is 18.0. The molecule has 21 heavy (non-hydrogen) atoms. The van der Waals surface area contributed by atoms with Gasteiger partial charge in [-0.25, -0.2) is 0 Å². The number of aliphatic hydroxyl groups is 1. The van der Waals surface area contributed by atoms with E-state index in [1.807, 2.05) is 0 Å². The first kappa shape index (κ1) is 15.6. The number of halogens is 3. The van der Waals surface area contributed by atoms with Crippen LogP contribution in [0.25, 0.3) is 0 Å². The van der Waals surface area contributed by atoms with Crippen LogP contribution in [0.4, 0.5) is 18.9 Å². The molecule has 0 radical (unpaired) electrons. The smallest absolute Gasteiger partial charge is 0.388 e. The average Bonchev–Trinajstić information content (AvgIpc) is 2.45. The van der Waals surface area contributed by atoms with Crippen LogP contribution in [0.5, 0.6) is 0 Å². The summed E-state index contributed by atoms with van der Waals surface area (Å²) in [7, 11) is 0. The van der Waals surface area contributed by atoms with Crippen LogP contribution >= 0.6 is 0 Å². The molecule has 7 heteroatoms. The summed E-state index contributed by atoms with van der Waals surface area (Å²) in [4.78, 5) is 0. The molecular weight excluding hydrogens is 285 g/mol. The Morgan fingerprint density at radius 3 is 2.57 bits per heavy atom. The van der Waals surface area contributed by atoms with Crippen LogP contribution in [0.15, 0.2) is 18.2 Å². The topological polar surface area (TPSA) is 65.3 Å². The molecule has 1 aliphatic rings. The third-order valence-corrected chi connectivity index (χ3v) is 3.49. The van der Waals surface area contributed by atoms with Gasteiger partial charge in [-0.1, -0.05) is 0 Å². The third-order valence-electron chi connectivity index (χ3n) is 3.49. The number of hydrogen-bond donors (Lipinski definition) is 2. The highest BCUT2D eigenvalue weighted by Gasteiger charge is 2.34. The first-order valence-corrected chi connectivity index (χ1v) is 6.49. The van der Waals surface area contributed by atoms with Crippen molar-refractivity contribution < 1.29 is 23.0 Å². The maximum Gasteiger partial charge on any atom is 0.417 e. The molecule has 0 unspecified atom stereocenters. The SMILES string of the molecule is N#Cc1ccc(NCC2(O)CCOCC2)cc1C(F)(F)F. The van der Waals surface area contributed by atoms with Crippen molar-refractivity contribution in [2.75, 3.05) is 25.1 Å². The van der Waals surface area contributed by atoms with E-state index in [0.29, 0.717) is 26.1 Å². The quantitative estimate of drug-likeness (QED) is 0.900. The van der Waals surface area contributed by atoms with Crippen LogP contribution < -0.4 is 5.32 Å². The second kappa shape index (κ2) is 5.92. The van der Waals surface area contributed by atoms with Gasteiger partial charge in [-0.2, -0.15) is 18.4 Å². The van der Waals surface area contributed by atoms with Crippen molar-refractivity contribution in [3.8, 4) is 6.07 Å². The molecule has 0 aromatic heterocycles. The van der Waals surface area contributed by atoms with Crippen molar-refractivity contribution in [3.63, 3.8) is 0 Å². The number of nitrogens with one attached hydrogen (secondary N) is 1. The Hall–Kier alpha value is -1.78. The van der Waals surface area contributed by atoms with Crippen LogP contribution in [0.2, 0.25) is 0 Å². The van der Waals surface area contributed by atoms with Gasteiger partial charge in [0.25, 0.3) is 0 Å². The molecule has 2 rings (SSSR count). The van der Waals surface area contributed by atoms with Crippen molar-refractivity contribution in [1.29, 1.82) is 5.26 Å². The zero-order valence-electron chi connectivity index (χ0n) is 11.2. The average molecular weight is 300 g/mol. The van der Waals surface area contributed by atoms with E-state index in [9.17, 15) is 18.3 Å². The largest absolute Gasteiger partial charge is 0.417 e. The lowest BCUT2D eigenvalue weighted by molar-refractivity contribution is -0.137. The lowest BCUT2D eigenvalue weighted by atomic mass is 9.94. The highest BCUT2D eigenvalue weighted by Crippen LogP contribution is 2.33. The molecule has 4 nitrogen and oxygen atoms in total. The van der Waals surface area contributed by atoms with Gasteiger partial charge >= 0.3 is 6.18 Å². The van der Waals surface area contributed by atoms with Gasteiger partial charge in [-0.15, -0.1) is 0 Å². The Balaban J connectivity index is 2.12. The molecule has 1 saturated heterocycles. The highest BCUT2D eigenvalue weighted by atomic mass is 19.4. The van der Waals surface area contributed by atoms with E-state index >= 15 is 0 Å². The maximum atomic E-state index is 12.8. The molecule has 1 fully saturated rings. The summed E-state index contributed by atoms with van der Waals surface area (Å²) >= 11 is 0. The molecule has 0 spiro atoms. The van der Waals surface area contributed by atoms with Crippen molar-refractivity contribution in [1.82, 2.24) is 0 Å². The minimum Gasteiger partial charge on any atom is -0.388 e. The van der Waals surface area contributed by atoms with Crippen LogP contribution in [0.3, 0.4) is 0 Å². The molecule has 0 bridgehead atoms. The Morgan fingerprint density at radius 2 is 2.00 bits per heavy atom. The number of nitrogens with zero attached hydrogens (tertiary/aromatic N) is 1. The van der Waals surface area contributed by atoms with Gasteiger partial charge in [0.2, 0.25) is 0 Å². The molecule has 0 atom stereocenters. The fraction of sp³-hybridized carbons (Fsp3) is 0.500. The molecular formula is C14H15F3N2O2. The lowest BCUT2D eigenvalue weighted by Gasteiger charge is -2.32. The Kier molecular flexibility index (Phi) is 4.40. The summed E-state index contributed by atoms with van der Waals surface area (Å²) in [5.74, 6) is 0. The van der Waals surface area contributed by atoms with Gasteiger partial charge in [-0.3, -0.25) is 0 Å². The first-order chi connectivity index (χ1) is 9.84. The fourth-order valence-corrected chi connectivity index (χ4v) is 2.18. The number of nitriles is 1. The van der Waals surface area contributed by atoms with E-state index in [1.54, 1.807) is 0 Å². The van der Waals surface area contributed by atoms with E-state index in [0.717, 1.165) is 12.1 Å². The van der Waals surface area contributed by atoms with Crippen molar-refractivity contribution in [2.45, 2.75) is 24.6 Å². The number of rotatable bonds is 3. The lowest BCUT2D eigenvalue weighted by Crippen LogP contribution is -2.42. The number of hydrogen-bond acceptors (Lipinski definition) is 4. The van der Waals surface area contributed by atoms with Crippen molar-refractivity contribution in [3.05, 3.63) is 29.3 Å². The molecule has 1 aromatic rings. The fourth-order valence-electron chi connectivity index (χ4n) is 2.18. The van der Waals surface area contributed by atoms with Gasteiger partial charge in [0.05, 0.1) is 22.8 Å². The molecule has 1 aromatic carbocycles. The molecule has 2 N–H and O–H groups in total. The van der Waals surface area contributed by atoms with E-state index in [-0.39, 0.29) is 12.2 Å². The van der Waals surface area contributed by atoms with Gasteiger partial charge in [-0.05, 0) is 18.2 Å². The molecule has 0 amide bonds. The van der Waals surface area contributed by atoms with E-state index < -0.39 is 22.9 Å². The second-order valence-corrected chi connectivity index (χ2v) is 5.06. The minimum atomic E-state index is -4.58. The maximum absolute atomic E-state index is 12.8. The van der Waals surface area contributed by atoms with Crippen molar-refractivity contribution >= 4 is 5.69 Å². The zero-order chi connectivity index (χ0) is 15.5.